The number of H-pyrrole nitrogens is 1. The molecule has 10 nitrogen and oxygen atoms in total. The molecule has 2 aromatic heterocycles. The van der Waals surface area contributed by atoms with Gasteiger partial charge in [-0.1, -0.05) is 6.07 Å². The number of nitrogens with zero attached hydrogens (tertiary/aromatic N) is 4. The molecule has 0 saturated carbocycles. The Bertz CT molecular complexity index is 1620. The number of amides is 2. The lowest BCUT2D eigenvalue weighted by Gasteiger charge is -2.23. The molecule has 1 atom stereocenters. The molecule has 196 valence electrons. The summed E-state index contributed by atoms with van der Waals surface area (Å²) in [6, 6.07) is 5.40. The van der Waals surface area contributed by atoms with Crippen molar-refractivity contribution in [3.05, 3.63) is 53.4 Å². The molecule has 0 aliphatic carbocycles. The fraction of sp³-hybridized carbons (Fsp3) is 0.269. The van der Waals surface area contributed by atoms with E-state index in [0.29, 0.717) is 29.4 Å². The first-order chi connectivity index (χ1) is 18.0. The molecule has 1 aliphatic heterocycles. The van der Waals surface area contributed by atoms with E-state index in [1.54, 1.807) is 6.20 Å². The first kappa shape index (κ1) is 25.2. The van der Waals surface area contributed by atoms with Crippen molar-refractivity contribution in [3.63, 3.8) is 0 Å². The third-order valence-corrected chi connectivity index (χ3v) is 7.01. The number of nitrogen functional groups attached to an aromatic ring is 1. The number of likely N-dealkylation sites (tertiary alicyclic amines) is 1. The number of aromatic amines is 1. The highest BCUT2D eigenvalue weighted by atomic mass is 19.2. The molecule has 3 heterocycles. The van der Waals surface area contributed by atoms with Crippen LogP contribution in [0, 0.1) is 24.0 Å². The normalized spacial score (nSPS) is 17.7. The van der Waals surface area contributed by atoms with Crippen LogP contribution in [0.1, 0.15) is 29.4 Å². The second kappa shape index (κ2) is 9.14. The molecular weight excluding hydrogens is 494 g/mol. The fourth-order valence-corrected chi connectivity index (χ4v) is 4.89. The van der Waals surface area contributed by atoms with Gasteiger partial charge in [0.25, 0.3) is 5.91 Å². The lowest BCUT2D eigenvalue weighted by molar-refractivity contribution is -0.124. The van der Waals surface area contributed by atoms with Gasteiger partial charge in [-0.05, 0) is 51.6 Å². The van der Waals surface area contributed by atoms with Crippen molar-refractivity contribution < 1.29 is 18.4 Å². The SMILES string of the molecule is Cc1ccc2[nH]ncc2c1-c1nc(-c2cc(F)c(F)cc2NC(=O)C2(C)CCN(C)C2)nc(C(N)=O)c1N. The Morgan fingerprint density at radius 1 is 1.18 bits per heavy atom. The van der Waals surface area contributed by atoms with Crippen molar-refractivity contribution in [2.75, 3.05) is 31.2 Å². The van der Waals surface area contributed by atoms with E-state index in [1.807, 2.05) is 37.9 Å². The number of hydrogen-bond donors (Lipinski definition) is 4. The minimum Gasteiger partial charge on any atom is -0.395 e. The molecule has 12 heteroatoms. The number of rotatable bonds is 5. The van der Waals surface area contributed by atoms with Crippen molar-refractivity contribution >= 4 is 34.1 Å². The molecule has 0 radical (unpaired) electrons. The number of primary amides is 1. The maximum absolute atomic E-state index is 14.5. The minimum atomic E-state index is -1.18. The number of hydrogen-bond acceptors (Lipinski definition) is 7. The lowest BCUT2D eigenvalue weighted by Crippen LogP contribution is -2.35. The standard InChI is InChI=1S/C26H26F2N8O2/c1-12-4-5-17-14(10-31-35-17)19(12)21-20(29)22(23(30)37)34-24(33-21)13-8-15(27)16(28)9-18(13)32-25(38)26(2)6-7-36(3)11-26/h4-5,8-10H,6-7,11,29H2,1-3H3,(H2,30,37)(H,31,35)(H,32,38). The van der Waals surface area contributed by atoms with Crippen molar-refractivity contribution in [3.8, 4) is 22.6 Å². The van der Waals surface area contributed by atoms with Crippen molar-refractivity contribution in [1.82, 2.24) is 25.1 Å². The predicted octanol–water partition coefficient (Wildman–Crippen LogP) is 3.23. The summed E-state index contributed by atoms with van der Waals surface area (Å²) < 4.78 is 28.9. The van der Waals surface area contributed by atoms with Crippen LogP contribution in [0.15, 0.2) is 30.5 Å². The van der Waals surface area contributed by atoms with Gasteiger partial charge in [-0.15, -0.1) is 0 Å². The Morgan fingerprint density at radius 3 is 2.61 bits per heavy atom. The Morgan fingerprint density at radius 2 is 1.92 bits per heavy atom. The minimum absolute atomic E-state index is 0.0343. The zero-order valence-corrected chi connectivity index (χ0v) is 21.0. The van der Waals surface area contributed by atoms with E-state index in [1.165, 1.54) is 0 Å². The lowest BCUT2D eigenvalue weighted by atomic mass is 9.88. The number of aromatic nitrogens is 4. The summed E-state index contributed by atoms with van der Waals surface area (Å²) in [7, 11) is 1.90. The molecule has 2 amide bonds. The molecule has 0 bridgehead atoms. The van der Waals surface area contributed by atoms with E-state index in [2.05, 4.69) is 25.5 Å². The number of halogens is 2. The Hall–Kier alpha value is -4.45. The maximum Gasteiger partial charge on any atom is 0.269 e. The summed E-state index contributed by atoms with van der Waals surface area (Å²) in [5.41, 5.74) is 12.9. The van der Waals surface area contributed by atoms with E-state index >= 15 is 0 Å². The summed E-state index contributed by atoms with van der Waals surface area (Å²) in [4.78, 5) is 36.4. The summed E-state index contributed by atoms with van der Waals surface area (Å²) in [5, 5.41) is 10.3. The summed E-state index contributed by atoms with van der Waals surface area (Å²) in [6.45, 7) is 4.86. The van der Waals surface area contributed by atoms with Gasteiger partial charge in [-0.25, -0.2) is 18.7 Å². The zero-order valence-electron chi connectivity index (χ0n) is 21.0. The van der Waals surface area contributed by atoms with Gasteiger partial charge in [0, 0.05) is 29.1 Å². The Balaban J connectivity index is 1.71. The van der Waals surface area contributed by atoms with E-state index in [0.717, 1.165) is 24.2 Å². The van der Waals surface area contributed by atoms with Crippen LogP contribution in [0.25, 0.3) is 33.5 Å². The highest BCUT2D eigenvalue weighted by Crippen LogP contribution is 2.38. The van der Waals surface area contributed by atoms with Crippen LogP contribution in [-0.4, -0.2) is 57.0 Å². The van der Waals surface area contributed by atoms with Crippen LogP contribution < -0.4 is 16.8 Å². The van der Waals surface area contributed by atoms with Crippen LogP contribution in [0.5, 0.6) is 0 Å². The van der Waals surface area contributed by atoms with Crippen molar-refractivity contribution in [2.45, 2.75) is 20.3 Å². The number of nitrogens with one attached hydrogen (secondary N) is 2. The molecule has 1 aliphatic rings. The third-order valence-electron chi connectivity index (χ3n) is 7.01. The fourth-order valence-electron chi connectivity index (χ4n) is 4.89. The molecule has 1 saturated heterocycles. The molecule has 6 N–H and O–H groups in total. The van der Waals surface area contributed by atoms with Gasteiger partial charge in [0.1, 0.15) is 0 Å². The third kappa shape index (κ3) is 4.22. The molecule has 38 heavy (non-hydrogen) atoms. The first-order valence-electron chi connectivity index (χ1n) is 11.9. The highest BCUT2D eigenvalue weighted by Gasteiger charge is 2.39. The van der Waals surface area contributed by atoms with Gasteiger partial charge in [0.05, 0.1) is 34.2 Å². The van der Waals surface area contributed by atoms with E-state index in [4.69, 9.17) is 11.5 Å². The monoisotopic (exact) mass is 520 g/mol. The number of nitrogens with two attached hydrogens (primary N) is 2. The molecule has 1 unspecified atom stereocenters. The maximum atomic E-state index is 14.5. The number of anilines is 2. The number of aryl methyl sites for hydroxylation is 1. The topological polar surface area (TPSA) is 156 Å². The van der Waals surface area contributed by atoms with Gasteiger partial charge in [0.2, 0.25) is 5.91 Å². The van der Waals surface area contributed by atoms with Crippen LogP contribution in [0.4, 0.5) is 20.2 Å². The quantitative estimate of drug-likeness (QED) is 0.315. The van der Waals surface area contributed by atoms with Gasteiger partial charge in [0.15, 0.2) is 23.2 Å². The van der Waals surface area contributed by atoms with Crippen LogP contribution in [-0.2, 0) is 4.79 Å². The van der Waals surface area contributed by atoms with Gasteiger partial charge in [-0.3, -0.25) is 14.7 Å². The number of fused-ring (bicyclic) bond motifs is 1. The first-order valence-corrected chi connectivity index (χ1v) is 11.9. The van der Waals surface area contributed by atoms with E-state index in [9.17, 15) is 18.4 Å². The van der Waals surface area contributed by atoms with Gasteiger partial charge >= 0.3 is 0 Å². The van der Waals surface area contributed by atoms with Crippen molar-refractivity contribution in [1.29, 1.82) is 0 Å². The number of carbonyl (C=O) groups excluding carboxylic acids is 2. The van der Waals surface area contributed by atoms with Gasteiger partial charge in [-0.2, -0.15) is 5.10 Å². The smallest absolute Gasteiger partial charge is 0.269 e. The van der Waals surface area contributed by atoms with Crippen molar-refractivity contribution in [2.24, 2.45) is 11.1 Å². The predicted molar refractivity (Wildman–Crippen MR) is 139 cm³/mol. The summed E-state index contributed by atoms with van der Waals surface area (Å²) in [6.07, 6.45) is 2.18. The van der Waals surface area contributed by atoms with E-state index in [-0.39, 0.29) is 40.1 Å². The highest BCUT2D eigenvalue weighted by molar-refractivity contribution is 6.05. The summed E-state index contributed by atoms with van der Waals surface area (Å²) >= 11 is 0. The van der Waals surface area contributed by atoms with Crippen LogP contribution >= 0.6 is 0 Å². The molecule has 2 aromatic carbocycles. The number of benzene rings is 2. The van der Waals surface area contributed by atoms with Crippen LogP contribution in [0.3, 0.4) is 0 Å². The second-order valence-electron chi connectivity index (χ2n) is 9.93. The second-order valence-corrected chi connectivity index (χ2v) is 9.93. The average Bonchev–Trinajstić information content (AvgIpc) is 3.48. The average molecular weight is 521 g/mol. The largest absolute Gasteiger partial charge is 0.395 e. The van der Waals surface area contributed by atoms with Crippen LogP contribution in [0.2, 0.25) is 0 Å². The zero-order chi connectivity index (χ0) is 27.4. The summed E-state index contributed by atoms with van der Waals surface area (Å²) in [5.74, 6) is -3.80. The Kier molecular flexibility index (Phi) is 6.06. The molecule has 1 fully saturated rings. The van der Waals surface area contributed by atoms with Gasteiger partial charge < -0.3 is 21.7 Å². The number of carbonyl (C=O) groups is 2. The Labute approximate surface area is 216 Å². The molecular formula is C26H26F2N8O2. The molecule has 0 spiro atoms. The molecule has 4 aromatic rings. The van der Waals surface area contributed by atoms with E-state index < -0.39 is 23.0 Å². The molecule has 5 rings (SSSR count).